The maximum absolute atomic E-state index is 13.0. The molecule has 0 aliphatic carbocycles. The lowest BCUT2D eigenvalue weighted by molar-refractivity contribution is -0.116. The number of rotatable bonds is 7. The minimum Gasteiger partial charge on any atom is -0.439 e. The molecule has 0 bridgehead atoms. The number of hydrogen-bond donors (Lipinski definition) is 2. The van der Waals surface area contributed by atoms with Crippen LogP contribution in [0.15, 0.2) is 72.9 Å². The number of pyridine rings is 1. The van der Waals surface area contributed by atoms with Gasteiger partial charge in [-0.05, 0) is 59.7 Å². The van der Waals surface area contributed by atoms with E-state index in [-0.39, 0.29) is 17.6 Å². The molecule has 1 aromatic heterocycles. The van der Waals surface area contributed by atoms with Crippen LogP contribution in [-0.2, 0) is 11.3 Å². The van der Waals surface area contributed by atoms with Crippen molar-refractivity contribution >= 4 is 17.9 Å². The predicted octanol–water partition coefficient (Wildman–Crippen LogP) is 3.70. The van der Waals surface area contributed by atoms with Gasteiger partial charge in [0.05, 0.1) is 0 Å². The first kappa shape index (κ1) is 20.7. The molecular formula is C23H20FN3O3. The van der Waals surface area contributed by atoms with Gasteiger partial charge in [0.15, 0.2) is 0 Å². The molecule has 0 saturated carbocycles. The van der Waals surface area contributed by atoms with Crippen LogP contribution >= 0.6 is 0 Å². The van der Waals surface area contributed by atoms with E-state index in [4.69, 9.17) is 4.74 Å². The molecule has 0 spiro atoms. The lowest BCUT2D eigenvalue weighted by Gasteiger charge is -2.07. The predicted molar refractivity (Wildman–Crippen MR) is 111 cm³/mol. The smallest absolute Gasteiger partial charge is 0.251 e. The van der Waals surface area contributed by atoms with E-state index in [9.17, 15) is 14.0 Å². The molecule has 0 fully saturated rings. The van der Waals surface area contributed by atoms with Gasteiger partial charge in [-0.3, -0.25) is 9.59 Å². The van der Waals surface area contributed by atoms with Crippen molar-refractivity contribution in [3.05, 3.63) is 95.4 Å². The van der Waals surface area contributed by atoms with Gasteiger partial charge in [-0.2, -0.15) is 0 Å². The van der Waals surface area contributed by atoms with Gasteiger partial charge < -0.3 is 15.4 Å². The summed E-state index contributed by atoms with van der Waals surface area (Å²) in [5.41, 5.74) is 2.16. The molecule has 2 amide bonds. The molecule has 0 aliphatic rings. The van der Waals surface area contributed by atoms with Crippen LogP contribution in [0, 0.1) is 5.82 Å². The van der Waals surface area contributed by atoms with E-state index >= 15 is 0 Å². The summed E-state index contributed by atoms with van der Waals surface area (Å²) in [5, 5.41) is 5.34. The molecule has 2 aromatic carbocycles. The molecular weight excluding hydrogens is 385 g/mol. The van der Waals surface area contributed by atoms with Crippen LogP contribution in [0.5, 0.6) is 11.6 Å². The average molecular weight is 405 g/mol. The second-order valence-corrected chi connectivity index (χ2v) is 6.31. The summed E-state index contributed by atoms with van der Waals surface area (Å²) in [4.78, 5) is 27.7. The monoisotopic (exact) mass is 405 g/mol. The van der Waals surface area contributed by atoms with Crippen molar-refractivity contribution in [3.8, 4) is 11.6 Å². The van der Waals surface area contributed by atoms with Crippen LogP contribution in [0.2, 0.25) is 0 Å². The van der Waals surface area contributed by atoms with Gasteiger partial charge >= 0.3 is 0 Å². The van der Waals surface area contributed by atoms with Gasteiger partial charge in [-0.15, -0.1) is 0 Å². The maximum Gasteiger partial charge on any atom is 0.251 e. The number of aromatic nitrogens is 1. The van der Waals surface area contributed by atoms with E-state index in [2.05, 4.69) is 15.6 Å². The Hall–Kier alpha value is -4.00. The van der Waals surface area contributed by atoms with Crippen molar-refractivity contribution in [2.75, 3.05) is 7.05 Å². The molecule has 0 saturated heterocycles. The molecule has 0 unspecified atom stereocenters. The van der Waals surface area contributed by atoms with Crippen molar-refractivity contribution < 1.29 is 18.7 Å². The summed E-state index contributed by atoms with van der Waals surface area (Å²) in [6.45, 7) is 0.293. The number of benzene rings is 2. The summed E-state index contributed by atoms with van der Waals surface area (Å²) >= 11 is 0. The molecule has 30 heavy (non-hydrogen) atoms. The van der Waals surface area contributed by atoms with Crippen LogP contribution in [0.1, 0.15) is 21.5 Å². The standard InChI is InChI=1S/C23H20FN3O3/c1-25-23(29)18-5-2-16(3-6-18)4-11-21(28)27-15-17-12-13-26-22(14-17)30-20-9-7-19(24)8-10-20/h2-14H,15H2,1H3,(H,25,29)(H,27,28)/b11-4+. The van der Waals surface area contributed by atoms with Gasteiger partial charge in [0.1, 0.15) is 11.6 Å². The Labute approximate surface area is 173 Å². The Kier molecular flexibility index (Phi) is 6.89. The fraction of sp³-hybridized carbons (Fsp3) is 0.0870. The molecule has 0 radical (unpaired) electrons. The Balaban J connectivity index is 1.53. The number of carbonyl (C=O) groups is 2. The topological polar surface area (TPSA) is 80.3 Å². The first-order valence-electron chi connectivity index (χ1n) is 9.20. The summed E-state index contributed by atoms with van der Waals surface area (Å²) in [6, 6.07) is 16.0. The first-order chi connectivity index (χ1) is 14.5. The molecule has 0 aliphatic heterocycles. The third kappa shape index (κ3) is 6.00. The number of nitrogens with zero attached hydrogens (tertiary/aromatic N) is 1. The van der Waals surface area contributed by atoms with E-state index in [1.165, 1.54) is 30.3 Å². The summed E-state index contributed by atoms with van der Waals surface area (Å²) < 4.78 is 18.6. The van der Waals surface area contributed by atoms with Crippen LogP contribution in [-0.4, -0.2) is 23.8 Å². The van der Waals surface area contributed by atoms with Gasteiger partial charge in [0.2, 0.25) is 11.8 Å². The average Bonchev–Trinajstić information content (AvgIpc) is 2.78. The second-order valence-electron chi connectivity index (χ2n) is 6.31. The van der Waals surface area contributed by atoms with Gasteiger partial charge in [-0.1, -0.05) is 12.1 Å². The van der Waals surface area contributed by atoms with Crippen LogP contribution in [0.25, 0.3) is 6.08 Å². The number of halogens is 1. The largest absolute Gasteiger partial charge is 0.439 e. The number of amides is 2. The Morgan fingerprint density at radius 2 is 1.80 bits per heavy atom. The van der Waals surface area contributed by atoms with Crippen molar-refractivity contribution in [3.63, 3.8) is 0 Å². The Bertz CT molecular complexity index is 1050. The fourth-order valence-electron chi connectivity index (χ4n) is 2.55. The second kappa shape index (κ2) is 9.97. The van der Waals surface area contributed by atoms with Crippen LogP contribution < -0.4 is 15.4 Å². The quantitative estimate of drug-likeness (QED) is 0.588. The molecule has 2 N–H and O–H groups in total. The molecule has 7 heteroatoms. The number of ether oxygens (including phenoxy) is 1. The molecule has 1 heterocycles. The summed E-state index contributed by atoms with van der Waals surface area (Å²) in [6.07, 6.45) is 4.66. The van der Waals surface area contributed by atoms with E-state index in [0.29, 0.717) is 23.7 Å². The molecule has 152 valence electrons. The summed E-state index contributed by atoms with van der Waals surface area (Å²) in [7, 11) is 1.57. The molecule has 3 rings (SSSR count). The first-order valence-corrected chi connectivity index (χ1v) is 9.20. The Morgan fingerprint density at radius 3 is 2.50 bits per heavy atom. The highest BCUT2D eigenvalue weighted by Crippen LogP contribution is 2.20. The molecule has 6 nitrogen and oxygen atoms in total. The molecule has 0 atom stereocenters. The van der Waals surface area contributed by atoms with Crippen molar-refractivity contribution in [1.82, 2.24) is 15.6 Å². The lowest BCUT2D eigenvalue weighted by Crippen LogP contribution is -2.20. The van der Waals surface area contributed by atoms with E-state index < -0.39 is 0 Å². The van der Waals surface area contributed by atoms with Crippen LogP contribution in [0.4, 0.5) is 4.39 Å². The van der Waals surface area contributed by atoms with Crippen molar-refractivity contribution in [2.24, 2.45) is 0 Å². The maximum atomic E-state index is 13.0. The minimum atomic E-state index is -0.345. The van der Waals surface area contributed by atoms with Crippen molar-refractivity contribution in [2.45, 2.75) is 6.54 Å². The highest BCUT2D eigenvalue weighted by Gasteiger charge is 2.04. The number of hydrogen-bond acceptors (Lipinski definition) is 4. The zero-order valence-electron chi connectivity index (χ0n) is 16.3. The zero-order valence-corrected chi connectivity index (χ0v) is 16.3. The van der Waals surface area contributed by atoms with E-state index in [0.717, 1.165) is 11.1 Å². The van der Waals surface area contributed by atoms with Gasteiger partial charge in [0, 0.05) is 37.5 Å². The Morgan fingerprint density at radius 1 is 1.07 bits per heavy atom. The molecule has 3 aromatic rings. The van der Waals surface area contributed by atoms with E-state index in [1.807, 2.05) is 0 Å². The minimum absolute atomic E-state index is 0.164. The third-order valence-electron chi connectivity index (χ3n) is 4.13. The van der Waals surface area contributed by atoms with Gasteiger partial charge in [-0.25, -0.2) is 9.37 Å². The third-order valence-corrected chi connectivity index (χ3v) is 4.13. The van der Waals surface area contributed by atoms with E-state index in [1.54, 1.807) is 55.7 Å². The lowest BCUT2D eigenvalue weighted by atomic mass is 10.1. The fourth-order valence-corrected chi connectivity index (χ4v) is 2.55. The summed E-state index contributed by atoms with van der Waals surface area (Å²) in [5.74, 6) is 0.0457. The van der Waals surface area contributed by atoms with Gasteiger partial charge in [0.25, 0.3) is 5.91 Å². The number of carbonyl (C=O) groups excluding carboxylic acids is 2. The van der Waals surface area contributed by atoms with Crippen molar-refractivity contribution in [1.29, 1.82) is 0 Å². The van der Waals surface area contributed by atoms with Crippen LogP contribution in [0.3, 0.4) is 0 Å². The normalized spacial score (nSPS) is 10.6. The highest BCUT2D eigenvalue weighted by molar-refractivity contribution is 5.94. The highest BCUT2D eigenvalue weighted by atomic mass is 19.1. The SMILES string of the molecule is CNC(=O)c1ccc(/C=C/C(=O)NCc2ccnc(Oc3ccc(F)cc3)c2)cc1. The number of nitrogens with one attached hydrogen (secondary N) is 2. The zero-order chi connectivity index (χ0) is 21.3.